The zero-order valence-corrected chi connectivity index (χ0v) is 14.9. The molecule has 0 aliphatic heterocycles. The first-order chi connectivity index (χ1) is 13.0. The van der Waals surface area contributed by atoms with Crippen LogP contribution in [0.4, 0.5) is 11.4 Å². The number of hydrogen-bond donors (Lipinski definition) is 2. The highest BCUT2D eigenvalue weighted by Crippen LogP contribution is 2.34. The van der Waals surface area contributed by atoms with Crippen molar-refractivity contribution in [3.63, 3.8) is 0 Å². The molecule has 1 saturated carbocycles. The summed E-state index contributed by atoms with van der Waals surface area (Å²) in [6.07, 6.45) is 3.57. The van der Waals surface area contributed by atoms with E-state index in [1.165, 1.54) is 6.92 Å². The van der Waals surface area contributed by atoms with Crippen LogP contribution in [0.3, 0.4) is 0 Å². The fraction of sp³-hybridized carbons (Fsp3) is 0.190. The van der Waals surface area contributed by atoms with Gasteiger partial charge in [0.15, 0.2) is 0 Å². The number of fused-ring (bicyclic) bond motifs is 1. The first-order valence-electron chi connectivity index (χ1n) is 8.86. The van der Waals surface area contributed by atoms with E-state index in [1.807, 2.05) is 6.07 Å². The van der Waals surface area contributed by atoms with Crippen molar-refractivity contribution in [3.8, 4) is 0 Å². The Bertz CT molecular complexity index is 1110. The van der Waals surface area contributed by atoms with E-state index in [0.29, 0.717) is 27.7 Å². The van der Waals surface area contributed by atoms with E-state index in [2.05, 4.69) is 10.6 Å². The molecule has 2 amide bonds. The molecule has 0 saturated heterocycles. The largest absolute Gasteiger partial charge is 0.326 e. The number of hydrogen-bond acceptors (Lipinski definition) is 3. The molecule has 27 heavy (non-hydrogen) atoms. The summed E-state index contributed by atoms with van der Waals surface area (Å²) in [6, 6.07) is 14.3. The van der Waals surface area contributed by atoms with E-state index >= 15 is 0 Å². The lowest BCUT2D eigenvalue weighted by Gasteiger charge is -2.12. The van der Waals surface area contributed by atoms with E-state index in [9.17, 15) is 14.4 Å². The molecule has 0 atom stereocenters. The summed E-state index contributed by atoms with van der Waals surface area (Å²) in [6.45, 7) is 1.43. The van der Waals surface area contributed by atoms with Crippen LogP contribution in [0.25, 0.3) is 10.8 Å². The van der Waals surface area contributed by atoms with Gasteiger partial charge < -0.3 is 15.2 Å². The van der Waals surface area contributed by atoms with Crippen LogP contribution in [-0.2, 0) is 4.79 Å². The van der Waals surface area contributed by atoms with Gasteiger partial charge in [-0.05, 0) is 37.1 Å². The number of nitrogens with zero attached hydrogens (tertiary/aromatic N) is 1. The highest BCUT2D eigenvalue weighted by atomic mass is 16.2. The Morgan fingerprint density at radius 1 is 0.963 bits per heavy atom. The van der Waals surface area contributed by atoms with Crippen molar-refractivity contribution in [1.29, 1.82) is 0 Å². The smallest absolute Gasteiger partial charge is 0.258 e. The van der Waals surface area contributed by atoms with Crippen molar-refractivity contribution in [1.82, 2.24) is 4.57 Å². The molecule has 3 aromatic rings. The Morgan fingerprint density at radius 3 is 2.30 bits per heavy atom. The van der Waals surface area contributed by atoms with Gasteiger partial charge in [-0.1, -0.05) is 24.3 Å². The summed E-state index contributed by atoms with van der Waals surface area (Å²) in [7, 11) is 0. The van der Waals surface area contributed by atoms with Crippen LogP contribution in [0.2, 0.25) is 0 Å². The molecule has 0 radical (unpaired) electrons. The second-order valence-corrected chi connectivity index (χ2v) is 6.75. The summed E-state index contributed by atoms with van der Waals surface area (Å²) < 4.78 is 1.67. The second kappa shape index (κ2) is 6.72. The van der Waals surface area contributed by atoms with Gasteiger partial charge in [0.1, 0.15) is 0 Å². The van der Waals surface area contributed by atoms with Crippen LogP contribution in [0, 0.1) is 0 Å². The van der Waals surface area contributed by atoms with Crippen LogP contribution >= 0.6 is 0 Å². The molecule has 1 fully saturated rings. The number of aromatic nitrogens is 1. The van der Waals surface area contributed by atoms with E-state index < -0.39 is 0 Å². The third-order valence-electron chi connectivity index (χ3n) is 4.58. The molecule has 0 bridgehead atoms. The summed E-state index contributed by atoms with van der Waals surface area (Å²) in [4.78, 5) is 36.9. The average molecular weight is 361 g/mol. The van der Waals surface area contributed by atoms with Gasteiger partial charge >= 0.3 is 0 Å². The van der Waals surface area contributed by atoms with Crippen LogP contribution < -0.4 is 16.2 Å². The Morgan fingerprint density at radius 2 is 1.63 bits per heavy atom. The van der Waals surface area contributed by atoms with Crippen molar-refractivity contribution >= 4 is 34.0 Å². The van der Waals surface area contributed by atoms with Gasteiger partial charge in [0, 0.05) is 41.3 Å². The van der Waals surface area contributed by atoms with Crippen molar-refractivity contribution in [3.05, 3.63) is 70.6 Å². The molecule has 2 aromatic carbocycles. The minimum absolute atomic E-state index is 0.0581. The maximum absolute atomic E-state index is 13.0. The Kier molecular flexibility index (Phi) is 4.24. The first kappa shape index (κ1) is 17.0. The van der Waals surface area contributed by atoms with Crippen LogP contribution in [0.15, 0.2) is 59.5 Å². The van der Waals surface area contributed by atoms with E-state index in [-0.39, 0.29) is 23.4 Å². The minimum atomic E-state index is -0.291. The lowest BCUT2D eigenvalue weighted by molar-refractivity contribution is -0.114. The van der Waals surface area contributed by atoms with Gasteiger partial charge in [0.2, 0.25) is 5.91 Å². The highest BCUT2D eigenvalue weighted by Gasteiger charge is 2.26. The fourth-order valence-electron chi connectivity index (χ4n) is 3.19. The number of amides is 2. The standard InChI is InChI=1S/C21H19N3O3/c1-13(25)22-14-5-4-6-15(11-14)23-20(26)19-12-24(16-9-10-16)21(27)18-8-3-2-7-17(18)19/h2-8,11-12,16H,9-10H2,1H3,(H,22,25)(H,23,26). The van der Waals surface area contributed by atoms with Gasteiger partial charge in [-0.15, -0.1) is 0 Å². The molecule has 2 N–H and O–H groups in total. The van der Waals surface area contributed by atoms with E-state index in [4.69, 9.17) is 0 Å². The average Bonchev–Trinajstić information content (AvgIpc) is 3.47. The predicted molar refractivity (Wildman–Crippen MR) is 105 cm³/mol. The number of rotatable bonds is 4. The number of carbonyl (C=O) groups is 2. The molecule has 1 aliphatic rings. The van der Waals surface area contributed by atoms with Gasteiger partial charge in [-0.3, -0.25) is 14.4 Å². The molecular formula is C21H19N3O3. The van der Waals surface area contributed by atoms with Gasteiger partial charge in [-0.2, -0.15) is 0 Å². The zero-order valence-electron chi connectivity index (χ0n) is 14.9. The fourth-order valence-corrected chi connectivity index (χ4v) is 3.19. The molecule has 1 aliphatic carbocycles. The molecule has 6 nitrogen and oxygen atoms in total. The number of nitrogens with one attached hydrogen (secondary N) is 2. The normalized spacial score (nSPS) is 13.4. The summed E-state index contributed by atoms with van der Waals surface area (Å²) in [5.41, 5.74) is 1.58. The molecule has 1 aromatic heterocycles. The molecule has 4 rings (SSSR count). The summed E-state index contributed by atoms with van der Waals surface area (Å²) in [5, 5.41) is 6.74. The third-order valence-corrected chi connectivity index (χ3v) is 4.58. The van der Waals surface area contributed by atoms with Gasteiger partial charge in [-0.25, -0.2) is 0 Å². The Balaban J connectivity index is 1.72. The zero-order chi connectivity index (χ0) is 19.0. The predicted octanol–water partition coefficient (Wildman–Crippen LogP) is 3.55. The second-order valence-electron chi connectivity index (χ2n) is 6.75. The topological polar surface area (TPSA) is 80.2 Å². The number of pyridine rings is 1. The lowest BCUT2D eigenvalue weighted by atomic mass is 10.1. The SMILES string of the molecule is CC(=O)Nc1cccc(NC(=O)c2cn(C3CC3)c(=O)c3ccccc23)c1. The molecule has 136 valence electrons. The quantitative estimate of drug-likeness (QED) is 0.746. The van der Waals surface area contributed by atoms with Crippen molar-refractivity contribution in [2.45, 2.75) is 25.8 Å². The van der Waals surface area contributed by atoms with Crippen LogP contribution in [0.5, 0.6) is 0 Å². The molecular weight excluding hydrogens is 342 g/mol. The van der Waals surface area contributed by atoms with Crippen LogP contribution in [0.1, 0.15) is 36.2 Å². The summed E-state index contributed by atoms with van der Waals surface area (Å²) >= 11 is 0. The molecule has 0 unspecified atom stereocenters. The van der Waals surface area contributed by atoms with Gasteiger partial charge in [0.05, 0.1) is 5.56 Å². The lowest BCUT2D eigenvalue weighted by Crippen LogP contribution is -2.23. The molecule has 1 heterocycles. The van der Waals surface area contributed by atoms with Crippen molar-refractivity contribution < 1.29 is 9.59 Å². The molecule has 0 spiro atoms. The first-order valence-corrected chi connectivity index (χ1v) is 8.86. The maximum Gasteiger partial charge on any atom is 0.258 e. The number of anilines is 2. The Labute approximate surface area is 155 Å². The van der Waals surface area contributed by atoms with E-state index in [1.54, 1.807) is 53.2 Å². The molecule has 6 heteroatoms. The Hall–Kier alpha value is -3.41. The minimum Gasteiger partial charge on any atom is -0.326 e. The maximum atomic E-state index is 13.0. The number of benzene rings is 2. The van der Waals surface area contributed by atoms with Crippen molar-refractivity contribution in [2.75, 3.05) is 10.6 Å². The number of carbonyl (C=O) groups excluding carboxylic acids is 2. The van der Waals surface area contributed by atoms with Crippen LogP contribution in [-0.4, -0.2) is 16.4 Å². The highest BCUT2D eigenvalue weighted by molar-refractivity contribution is 6.12. The summed E-state index contributed by atoms with van der Waals surface area (Å²) in [5.74, 6) is -0.471. The monoisotopic (exact) mass is 361 g/mol. The van der Waals surface area contributed by atoms with Crippen molar-refractivity contribution in [2.24, 2.45) is 0 Å². The van der Waals surface area contributed by atoms with Gasteiger partial charge in [0.25, 0.3) is 11.5 Å². The van der Waals surface area contributed by atoms with E-state index in [0.717, 1.165) is 12.8 Å². The third kappa shape index (κ3) is 3.46.